The summed E-state index contributed by atoms with van der Waals surface area (Å²) >= 11 is 0. The lowest BCUT2D eigenvalue weighted by Gasteiger charge is -2.31. The summed E-state index contributed by atoms with van der Waals surface area (Å²) in [5, 5.41) is 28.5. The number of rotatable bonds is 14. The molecule has 0 saturated carbocycles. The molecule has 0 rings (SSSR count). The molecule has 0 heterocycles. The first-order valence-corrected chi connectivity index (χ1v) is 10.3. The Morgan fingerprint density at radius 1 is 0.960 bits per heavy atom. The lowest BCUT2D eigenvalue weighted by molar-refractivity contribution is -0.139. The summed E-state index contributed by atoms with van der Waals surface area (Å²) in [5.74, 6) is -0.480. The number of hydrogen-bond acceptors (Lipinski definition) is 8. The number of aliphatic hydroxyl groups is 3. The number of hydrogen-bond donors (Lipinski definition) is 3. The molecular weight excluding hydrogens is 348 g/mol. The number of carbonyl (C=O) groups excluding carboxylic acids is 1. The molecule has 0 fully saturated rings. The monoisotopic (exact) mass is 380 g/mol. The Kier molecular flexibility index (Phi) is 12.1. The van der Waals surface area contributed by atoms with E-state index >= 15 is 0 Å². The SMILES string of the molecule is C=C(C)C(=O)OCCC[Si](OCC(C)O)(OCC(C)O)OCC(C)O. The summed E-state index contributed by atoms with van der Waals surface area (Å²) in [6, 6.07) is 0.308. The zero-order valence-electron chi connectivity index (χ0n) is 15.6. The van der Waals surface area contributed by atoms with Crippen molar-refractivity contribution in [2.75, 3.05) is 26.4 Å². The highest BCUT2D eigenvalue weighted by molar-refractivity contribution is 6.60. The van der Waals surface area contributed by atoms with E-state index in [1.54, 1.807) is 27.7 Å². The third kappa shape index (κ3) is 12.2. The maximum Gasteiger partial charge on any atom is 0.501 e. The number of esters is 1. The van der Waals surface area contributed by atoms with E-state index in [1.165, 1.54) is 0 Å². The van der Waals surface area contributed by atoms with E-state index in [9.17, 15) is 20.1 Å². The van der Waals surface area contributed by atoms with Crippen molar-refractivity contribution in [3.8, 4) is 0 Å². The van der Waals surface area contributed by atoms with Crippen molar-refractivity contribution in [1.29, 1.82) is 0 Å². The van der Waals surface area contributed by atoms with E-state index in [1.807, 2.05) is 0 Å². The van der Waals surface area contributed by atoms with Gasteiger partial charge in [-0.3, -0.25) is 0 Å². The fourth-order valence-corrected chi connectivity index (χ4v) is 4.41. The van der Waals surface area contributed by atoms with Crippen LogP contribution >= 0.6 is 0 Å². The highest BCUT2D eigenvalue weighted by Crippen LogP contribution is 2.20. The molecule has 9 heteroatoms. The Labute approximate surface area is 150 Å². The third-order valence-corrected chi connectivity index (χ3v) is 5.63. The van der Waals surface area contributed by atoms with Gasteiger partial charge in [-0.15, -0.1) is 0 Å². The first kappa shape index (κ1) is 24.2. The quantitative estimate of drug-likeness (QED) is 0.174. The van der Waals surface area contributed by atoms with Gasteiger partial charge in [0.1, 0.15) is 0 Å². The van der Waals surface area contributed by atoms with Crippen LogP contribution in [-0.4, -0.2) is 74.8 Å². The standard InChI is InChI=1S/C16H32O8Si/c1-12(2)16(20)21-7-6-8-25(22-9-13(3)17,23-10-14(4)18)24-11-15(5)19/h13-15,17-19H,1,6-11H2,2-5H3. The Hall–Kier alpha value is -0.813. The van der Waals surface area contributed by atoms with Crippen molar-refractivity contribution in [3.63, 3.8) is 0 Å². The predicted octanol–water partition coefficient (Wildman–Crippen LogP) is 0.627. The summed E-state index contributed by atoms with van der Waals surface area (Å²) < 4.78 is 22.2. The van der Waals surface area contributed by atoms with Gasteiger partial charge < -0.3 is 33.3 Å². The van der Waals surface area contributed by atoms with Gasteiger partial charge in [-0.1, -0.05) is 6.58 Å². The number of carbonyl (C=O) groups is 1. The van der Waals surface area contributed by atoms with Crippen molar-refractivity contribution >= 4 is 14.8 Å². The normalized spacial score (nSPS) is 17.4. The van der Waals surface area contributed by atoms with Gasteiger partial charge in [-0.05, 0) is 34.1 Å². The van der Waals surface area contributed by atoms with E-state index in [0.29, 0.717) is 18.0 Å². The molecular formula is C16H32O8Si. The molecule has 3 atom stereocenters. The van der Waals surface area contributed by atoms with Crippen LogP contribution in [0.2, 0.25) is 6.04 Å². The Balaban J connectivity index is 4.86. The fraction of sp³-hybridized carbons (Fsp3) is 0.812. The third-order valence-electron chi connectivity index (χ3n) is 2.84. The van der Waals surface area contributed by atoms with Crippen molar-refractivity contribution in [2.45, 2.75) is 58.5 Å². The molecule has 0 amide bonds. The van der Waals surface area contributed by atoms with Crippen LogP contribution < -0.4 is 0 Å². The second-order valence-electron chi connectivity index (χ2n) is 6.18. The van der Waals surface area contributed by atoms with Crippen LogP contribution in [-0.2, 0) is 22.8 Å². The molecule has 0 aromatic rings. The minimum absolute atomic E-state index is 0.00258. The van der Waals surface area contributed by atoms with E-state index in [-0.39, 0.29) is 26.4 Å². The molecule has 0 aromatic carbocycles. The first-order chi connectivity index (χ1) is 11.6. The van der Waals surface area contributed by atoms with Crippen LogP contribution in [0.1, 0.15) is 34.1 Å². The van der Waals surface area contributed by atoms with Crippen LogP contribution in [0.5, 0.6) is 0 Å². The van der Waals surface area contributed by atoms with Crippen LogP contribution in [0.25, 0.3) is 0 Å². The number of ether oxygens (including phenoxy) is 1. The molecule has 3 N–H and O–H groups in total. The summed E-state index contributed by atoms with van der Waals surface area (Å²) in [7, 11) is -3.28. The molecule has 25 heavy (non-hydrogen) atoms. The maximum absolute atomic E-state index is 11.4. The van der Waals surface area contributed by atoms with Crippen molar-refractivity contribution < 1.29 is 38.1 Å². The van der Waals surface area contributed by atoms with E-state index in [0.717, 1.165) is 0 Å². The summed E-state index contributed by atoms with van der Waals surface area (Å²) in [5.41, 5.74) is 0.310. The average Bonchev–Trinajstić information content (AvgIpc) is 2.51. The second-order valence-corrected chi connectivity index (χ2v) is 8.91. The van der Waals surface area contributed by atoms with Gasteiger partial charge in [0.15, 0.2) is 0 Å². The van der Waals surface area contributed by atoms with Crippen molar-refractivity contribution in [3.05, 3.63) is 12.2 Å². The lowest BCUT2D eigenvalue weighted by Crippen LogP contribution is -2.49. The zero-order chi connectivity index (χ0) is 19.5. The van der Waals surface area contributed by atoms with E-state index < -0.39 is 33.1 Å². The molecule has 0 spiro atoms. The molecule has 148 valence electrons. The summed E-state index contributed by atoms with van der Waals surface area (Å²) in [6.07, 6.45) is -1.76. The molecule has 0 bridgehead atoms. The van der Waals surface area contributed by atoms with Gasteiger partial charge in [-0.2, -0.15) is 0 Å². The van der Waals surface area contributed by atoms with Crippen LogP contribution in [0, 0.1) is 0 Å². The van der Waals surface area contributed by atoms with Gasteiger partial charge in [0.2, 0.25) is 0 Å². The topological polar surface area (TPSA) is 115 Å². The van der Waals surface area contributed by atoms with Gasteiger partial charge in [0, 0.05) is 11.6 Å². The van der Waals surface area contributed by atoms with Gasteiger partial charge in [-0.25, -0.2) is 4.79 Å². The summed E-state index contributed by atoms with van der Waals surface area (Å²) in [6.45, 7) is 9.89. The van der Waals surface area contributed by atoms with E-state index in [4.69, 9.17) is 18.0 Å². The first-order valence-electron chi connectivity index (χ1n) is 8.36. The predicted molar refractivity (Wildman–Crippen MR) is 93.8 cm³/mol. The van der Waals surface area contributed by atoms with Crippen molar-refractivity contribution in [2.24, 2.45) is 0 Å². The highest BCUT2D eigenvalue weighted by atomic mass is 28.4. The van der Waals surface area contributed by atoms with Crippen molar-refractivity contribution in [1.82, 2.24) is 0 Å². The summed E-state index contributed by atoms with van der Waals surface area (Å²) in [4.78, 5) is 11.4. The Morgan fingerprint density at radius 2 is 1.36 bits per heavy atom. The largest absolute Gasteiger partial charge is 0.501 e. The minimum Gasteiger partial charge on any atom is -0.462 e. The maximum atomic E-state index is 11.4. The van der Waals surface area contributed by atoms with Gasteiger partial charge in [0.25, 0.3) is 0 Å². The highest BCUT2D eigenvalue weighted by Gasteiger charge is 2.42. The molecule has 0 radical (unpaired) electrons. The molecule has 0 saturated heterocycles. The minimum atomic E-state index is -3.28. The smallest absolute Gasteiger partial charge is 0.462 e. The lowest BCUT2D eigenvalue weighted by atomic mass is 10.4. The van der Waals surface area contributed by atoms with Crippen LogP contribution in [0.15, 0.2) is 12.2 Å². The Bertz CT molecular complexity index is 366. The molecule has 0 aliphatic heterocycles. The number of aliphatic hydroxyl groups excluding tert-OH is 3. The van der Waals surface area contributed by atoms with Gasteiger partial charge in [0.05, 0.1) is 44.7 Å². The molecule has 0 aliphatic rings. The molecule has 0 aromatic heterocycles. The fourth-order valence-electron chi connectivity index (χ4n) is 1.66. The molecule has 3 unspecified atom stereocenters. The average molecular weight is 381 g/mol. The Morgan fingerprint density at radius 3 is 1.68 bits per heavy atom. The van der Waals surface area contributed by atoms with Crippen LogP contribution in [0.4, 0.5) is 0 Å². The van der Waals surface area contributed by atoms with Gasteiger partial charge >= 0.3 is 14.8 Å². The molecule has 0 aliphatic carbocycles. The van der Waals surface area contributed by atoms with E-state index in [2.05, 4.69) is 6.58 Å². The second kappa shape index (κ2) is 12.5. The van der Waals surface area contributed by atoms with Crippen LogP contribution in [0.3, 0.4) is 0 Å². The zero-order valence-corrected chi connectivity index (χ0v) is 16.6. The molecule has 8 nitrogen and oxygen atoms in total.